The number of hydrogen-bond donors (Lipinski definition) is 1. The monoisotopic (exact) mass is 469 g/mol. The average molecular weight is 470 g/mol. The maximum atomic E-state index is 14.7. The zero-order chi connectivity index (χ0) is 22.8. The van der Waals surface area contributed by atoms with Crippen molar-refractivity contribution < 1.29 is 17.9 Å². The summed E-state index contributed by atoms with van der Waals surface area (Å²) in [4.78, 5) is 7.38. The summed E-state index contributed by atoms with van der Waals surface area (Å²) in [6.45, 7) is 5.13. The van der Waals surface area contributed by atoms with Gasteiger partial charge in [0.2, 0.25) is 9.84 Å². The molecule has 1 unspecified atom stereocenters. The molecule has 174 valence electrons. The van der Waals surface area contributed by atoms with E-state index in [9.17, 15) is 8.42 Å². The normalized spacial score (nSPS) is 29.5. The van der Waals surface area contributed by atoms with Crippen LogP contribution in [0.5, 0.6) is 0 Å². The van der Waals surface area contributed by atoms with E-state index < -0.39 is 20.4 Å². The molecule has 1 spiro atoms. The number of rotatable bonds is 4. The molecule has 3 aromatic rings. The molecular weight excluding hydrogens is 442 g/mol. The third-order valence-electron chi connectivity index (χ3n) is 7.81. The van der Waals surface area contributed by atoms with Gasteiger partial charge < -0.3 is 14.5 Å². The highest BCUT2D eigenvalue weighted by Gasteiger charge is 2.62. The predicted octanol–water partition coefficient (Wildman–Crippen LogP) is 3.20. The largest absolute Gasteiger partial charge is 0.348 e. The third-order valence-corrected chi connectivity index (χ3v) is 10.3. The van der Waals surface area contributed by atoms with E-state index in [1.54, 1.807) is 22.9 Å². The Morgan fingerprint density at radius 3 is 2.82 bits per heavy atom. The van der Waals surface area contributed by atoms with Gasteiger partial charge in [-0.2, -0.15) is 0 Å². The molecule has 3 aliphatic rings. The minimum atomic E-state index is -3.98. The van der Waals surface area contributed by atoms with Crippen LogP contribution in [-0.4, -0.2) is 56.7 Å². The number of nitrogens with one attached hydrogen (secondary N) is 1. The molecule has 2 aliphatic carbocycles. The van der Waals surface area contributed by atoms with E-state index in [-0.39, 0.29) is 17.0 Å². The van der Waals surface area contributed by atoms with Crippen LogP contribution in [0.2, 0.25) is 0 Å². The van der Waals surface area contributed by atoms with Crippen molar-refractivity contribution in [2.45, 2.75) is 55.2 Å². The second-order valence-electron chi connectivity index (χ2n) is 9.31. The highest BCUT2D eigenvalue weighted by molar-refractivity contribution is 7.93. The van der Waals surface area contributed by atoms with E-state index >= 15 is 0 Å². The lowest BCUT2D eigenvalue weighted by molar-refractivity contribution is -0.154. The van der Waals surface area contributed by atoms with Crippen molar-refractivity contribution in [2.24, 2.45) is 11.8 Å². The maximum absolute atomic E-state index is 14.7. The first-order valence-corrected chi connectivity index (χ1v) is 12.9. The predicted molar refractivity (Wildman–Crippen MR) is 121 cm³/mol. The molecule has 10 heteroatoms. The van der Waals surface area contributed by atoms with Crippen molar-refractivity contribution >= 4 is 26.6 Å². The van der Waals surface area contributed by atoms with Crippen molar-refractivity contribution in [1.82, 2.24) is 24.6 Å². The van der Waals surface area contributed by atoms with E-state index in [0.717, 1.165) is 12.0 Å². The average Bonchev–Trinajstić information content (AvgIpc) is 3.60. The first kappa shape index (κ1) is 21.0. The Morgan fingerprint density at radius 2 is 2.06 bits per heavy atom. The quantitative estimate of drug-likeness (QED) is 0.624. The summed E-state index contributed by atoms with van der Waals surface area (Å²) < 4.78 is 42.0. The molecule has 1 aliphatic heterocycles. The van der Waals surface area contributed by atoms with E-state index in [1.165, 1.54) is 0 Å². The standard InChI is InChI=1S/C23H27N5O4S/c1-3-16-12-22(31-10-11-32-22)13-17(16)23(8-5-4-6-15(23)2)33(29,30)21-27-26-19-14-25-20-18(28(19)21)7-9-24-20/h4-7,9,14,16-17,24H,3,8,10-13H2,1-2H3/t16-,17+,23?/m1/s1. The minimum absolute atomic E-state index is 0.0448. The Hall–Kier alpha value is -2.56. The molecule has 1 saturated carbocycles. The van der Waals surface area contributed by atoms with Gasteiger partial charge >= 0.3 is 0 Å². The maximum Gasteiger partial charge on any atom is 0.255 e. The lowest BCUT2D eigenvalue weighted by atomic mass is 9.74. The molecule has 0 bridgehead atoms. The molecule has 9 nitrogen and oxygen atoms in total. The molecule has 3 aromatic heterocycles. The van der Waals surface area contributed by atoms with Crippen LogP contribution in [0, 0.1) is 11.8 Å². The molecule has 1 N–H and O–H groups in total. The number of aromatic nitrogens is 5. The SMILES string of the molecule is CC[C@@H]1CC2(C[C@@H]1C1(S(=O)(=O)c3nnc4cnc5[nH]ccc5n34)CC=CC=C1C)OCCO2. The number of hydrogen-bond acceptors (Lipinski definition) is 7. The van der Waals surface area contributed by atoms with Crippen molar-refractivity contribution in [2.75, 3.05) is 13.2 Å². The molecule has 0 amide bonds. The molecular formula is C23H27N5O4S. The molecule has 0 radical (unpaired) electrons. The Labute approximate surface area is 191 Å². The van der Waals surface area contributed by atoms with Crippen LogP contribution >= 0.6 is 0 Å². The van der Waals surface area contributed by atoms with E-state index in [4.69, 9.17) is 9.47 Å². The van der Waals surface area contributed by atoms with Gasteiger partial charge in [-0.25, -0.2) is 13.4 Å². The second-order valence-corrected chi connectivity index (χ2v) is 11.4. The first-order chi connectivity index (χ1) is 15.9. The van der Waals surface area contributed by atoms with Gasteiger partial charge in [-0.3, -0.25) is 4.40 Å². The van der Waals surface area contributed by atoms with Crippen LogP contribution in [0.15, 0.2) is 47.4 Å². The highest BCUT2D eigenvalue weighted by atomic mass is 32.2. The summed E-state index contributed by atoms with van der Waals surface area (Å²) in [6.07, 6.45) is 11.6. The smallest absolute Gasteiger partial charge is 0.255 e. The highest BCUT2D eigenvalue weighted by Crippen LogP contribution is 2.56. The third kappa shape index (κ3) is 2.77. The summed E-state index contributed by atoms with van der Waals surface area (Å²) in [5, 5.41) is 8.35. The van der Waals surface area contributed by atoms with Crippen LogP contribution in [0.1, 0.15) is 39.5 Å². The molecule has 0 aromatic carbocycles. The lowest BCUT2D eigenvalue weighted by Gasteiger charge is -2.42. The van der Waals surface area contributed by atoms with Crippen molar-refractivity contribution in [3.8, 4) is 0 Å². The first-order valence-electron chi connectivity index (χ1n) is 11.5. The van der Waals surface area contributed by atoms with Gasteiger partial charge in [-0.15, -0.1) is 10.2 Å². The van der Waals surface area contributed by atoms with Crippen molar-refractivity contribution in [1.29, 1.82) is 0 Å². The van der Waals surface area contributed by atoms with Gasteiger partial charge in [0.05, 0.1) is 24.9 Å². The molecule has 4 heterocycles. The van der Waals surface area contributed by atoms with Crippen LogP contribution in [0.3, 0.4) is 0 Å². The number of ether oxygens (including phenoxy) is 2. The zero-order valence-corrected chi connectivity index (χ0v) is 19.5. The van der Waals surface area contributed by atoms with Gasteiger partial charge in [-0.1, -0.05) is 37.1 Å². The van der Waals surface area contributed by atoms with Gasteiger partial charge in [-0.05, 0) is 31.2 Å². The summed E-state index contributed by atoms with van der Waals surface area (Å²) in [6, 6.07) is 1.80. The number of aromatic amines is 1. The Kier molecular flexibility index (Phi) is 4.59. The number of fused-ring (bicyclic) bond motifs is 3. The fourth-order valence-electron chi connectivity index (χ4n) is 6.24. The van der Waals surface area contributed by atoms with Crippen LogP contribution < -0.4 is 0 Å². The Morgan fingerprint density at radius 1 is 1.24 bits per heavy atom. The zero-order valence-electron chi connectivity index (χ0n) is 18.7. The van der Waals surface area contributed by atoms with Crippen LogP contribution in [-0.2, 0) is 19.3 Å². The molecule has 3 atom stereocenters. The Bertz CT molecular complexity index is 1400. The summed E-state index contributed by atoms with van der Waals surface area (Å²) in [5.74, 6) is -0.733. The number of H-pyrrole nitrogens is 1. The van der Waals surface area contributed by atoms with E-state index in [0.29, 0.717) is 49.3 Å². The van der Waals surface area contributed by atoms with E-state index in [2.05, 4.69) is 27.1 Å². The van der Waals surface area contributed by atoms with Gasteiger partial charge in [0.25, 0.3) is 5.16 Å². The van der Waals surface area contributed by atoms with Crippen molar-refractivity contribution in [3.63, 3.8) is 0 Å². The molecule has 2 fully saturated rings. The van der Waals surface area contributed by atoms with Crippen molar-refractivity contribution in [3.05, 3.63) is 42.3 Å². The van der Waals surface area contributed by atoms with Crippen LogP contribution in [0.25, 0.3) is 16.8 Å². The molecule has 6 rings (SSSR count). The van der Waals surface area contributed by atoms with Gasteiger partial charge in [0.1, 0.15) is 4.75 Å². The lowest BCUT2D eigenvalue weighted by Crippen LogP contribution is -2.49. The van der Waals surface area contributed by atoms with Crippen LogP contribution in [0.4, 0.5) is 0 Å². The van der Waals surface area contributed by atoms with Gasteiger partial charge in [0.15, 0.2) is 17.1 Å². The number of sulfone groups is 1. The molecule has 33 heavy (non-hydrogen) atoms. The number of allylic oxidation sites excluding steroid dienone is 3. The molecule has 1 saturated heterocycles. The fraction of sp³-hybridized carbons (Fsp3) is 0.522. The number of nitrogens with zero attached hydrogens (tertiary/aromatic N) is 4. The minimum Gasteiger partial charge on any atom is -0.348 e. The Balaban J connectivity index is 1.58. The topological polar surface area (TPSA) is 111 Å². The summed E-state index contributed by atoms with van der Waals surface area (Å²) in [5.41, 5.74) is 2.44. The fourth-order valence-corrected chi connectivity index (χ4v) is 8.63. The van der Waals surface area contributed by atoms with E-state index in [1.807, 2.05) is 25.2 Å². The summed E-state index contributed by atoms with van der Waals surface area (Å²) in [7, 11) is -3.98. The second kappa shape index (κ2) is 7.22. The van der Waals surface area contributed by atoms with Gasteiger partial charge in [0, 0.05) is 19.0 Å². The summed E-state index contributed by atoms with van der Waals surface area (Å²) >= 11 is 0.